The summed E-state index contributed by atoms with van der Waals surface area (Å²) >= 11 is 0. The maximum absolute atomic E-state index is 12.3. The van der Waals surface area contributed by atoms with E-state index in [9.17, 15) is 4.79 Å². The highest BCUT2D eigenvalue weighted by molar-refractivity contribution is 5.96. The first-order valence-electron chi connectivity index (χ1n) is 6.31. The number of hydrogen-bond acceptors (Lipinski definition) is 5. The summed E-state index contributed by atoms with van der Waals surface area (Å²) in [6.07, 6.45) is 0. The predicted molar refractivity (Wildman–Crippen MR) is 73.1 cm³/mol. The van der Waals surface area contributed by atoms with Crippen LogP contribution in [-0.4, -0.2) is 31.8 Å². The first kappa shape index (κ1) is 14.3. The Morgan fingerprint density at radius 2 is 2.30 bits per heavy atom. The van der Waals surface area contributed by atoms with Crippen LogP contribution in [0, 0.1) is 16.7 Å². The zero-order valence-electron chi connectivity index (χ0n) is 11.3. The second-order valence-electron chi connectivity index (χ2n) is 4.96. The standard InChI is InChI=1S/C14H17N3O3/c1-14(9-19-8-12(14)16)13(18)17-10-2-4-11(5-3-10)20-7-6-15/h2-5,12H,7-9,16H2,1H3,(H,17,18). The summed E-state index contributed by atoms with van der Waals surface area (Å²) in [5.74, 6) is 0.421. The lowest BCUT2D eigenvalue weighted by Crippen LogP contribution is -2.47. The molecule has 0 aromatic heterocycles. The molecule has 2 atom stereocenters. The van der Waals surface area contributed by atoms with Gasteiger partial charge in [0.15, 0.2) is 6.61 Å². The van der Waals surface area contributed by atoms with Crippen LogP contribution in [0.4, 0.5) is 5.69 Å². The third kappa shape index (κ3) is 2.90. The molecular formula is C14H17N3O3. The van der Waals surface area contributed by atoms with Crippen LogP contribution in [0.2, 0.25) is 0 Å². The van der Waals surface area contributed by atoms with Crippen LogP contribution < -0.4 is 15.8 Å². The van der Waals surface area contributed by atoms with Crippen molar-refractivity contribution in [2.24, 2.45) is 11.1 Å². The van der Waals surface area contributed by atoms with E-state index < -0.39 is 5.41 Å². The molecule has 20 heavy (non-hydrogen) atoms. The first-order valence-corrected chi connectivity index (χ1v) is 6.31. The van der Waals surface area contributed by atoms with Crippen molar-refractivity contribution < 1.29 is 14.3 Å². The van der Waals surface area contributed by atoms with Gasteiger partial charge in [0.05, 0.1) is 18.6 Å². The number of carbonyl (C=O) groups is 1. The minimum absolute atomic E-state index is 0.00400. The Labute approximate surface area is 117 Å². The lowest BCUT2D eigenvalue weighted by atomic mass is 9.85. The van der Waals surface area contributed by atoms with Crippen molar-refractivity contribution in [2.45, 2.75) is 13.0 Å². The lowest BCUT2D eigenvalue weighted by molar-refractivity contribution is -0.125. The highest BCUT2D eigenvalue weighted by atomic mass is 16.5. The molecule has 3 N–H and O–H groups in total. The molecule has 1 amide bonds. The fourth-order valence-electron chi connectivity index (χ4n) is 1.95. The zero-order valence-corrected chi connectivity index (χ0v) is 11.3. The molecule has 1 aliphatic heterocycles. The smallest absolute Gasteiger partial charge is 0.234 e. The normalized spacial score (nSPS) is 24.9. The largest absolute Gasteiger partial charge is 0.479 e. The number of nitrogens with zero attached hydrogens (tertiary/aromatic N) is 1. The second-order valence-corrected chi connectivity index (χ2v) is 4.96. The molecule has 0 saturated carbocycles. The molecule has 0 spiro atoms. The summed E-state index contributed by atoms with van der Waals surface area (Å²) in [7, 11) is 0. The SMILES string of the molecule is CC1(C(=O)Nc2ccc(OCC#N)cc2)COCC1N. The minimum atomic E-state index is -0.712. The van der Waals surface area contributed by atoms with E-state index in [2.05, 4.69) is 5.32 Å². The van der Waals surface area contributed by atoms with E-state index in [-0.39, 0.29) is 18.6 Å². The van der Waals surface area contributed by atoms with Gasteiger partial charge in [0, 0.05) is 11.7 Å². The monoisotopic (exact) mass is 275 g/mol. The van der Waals surface area contributed by atoms with Gasteiger partial charge in [-0.3, -0.25) is 4.79 Å². The van der Waals surface area contributed by atoms with Crippen molar-refractivity contribution in [3.8, 4) is 11.8 Å². The van der Waals surface area contributed by atoms with E-state index >= 15 is 0 Å². The third-order valence-corrected chi connectivity index (χ3v) is 3.45. The molecule has 1 aromatic rings. The van der Waals surface area contributed by atoms with Crippen LogP contribution in [0.3, 0.4) is 0 Å². The van der Waals surface area contributed by atoms with Gasteiger partial charge >= 0.3 is 0 Å². The van der Waals surface area contributed by atoms with E-state index in [4.69, 9.17) is 20.5 Å². The maximum atomic E-state index is 12.3. The molecular weight excluding hydrogens is 258 g/mol. The Bertz CT molecular complexity index is 523. The fraction of sp³-hybridized carbons (Fsp3) is 0.429. The van der Waals surface area contributed by atoms with E-state index in [0.29, 0.717) is 24.7 Å². The number of hydrogen-bond donors (Lipinski definition) is 2. The second kappa shape index (κ2) is 5.90. The number of benzene rings is 1. The van der Waals surface area contributed by atoms with Gasteiger partial charge in [-0.1, -0.05) is 0 Å². The summed E-state index contributed by atoms with van der Waals surface area (Å²) < 4.78 is 10.4. The van der Waals surface area contributed by atoms with Crippen molar-refractivity contribution >= 4 is 11.6 Å². The molecule has 2 rings (SSSR count). The van der Waals surface area contributed by atoms with Crippen LogP contribution in [0.5, 0.6) is 5.75 Å². The number of nitriles is 1. The van der Waals surface area contributed by atoms with Crippen LogP contribution in [0.25, 0.3) is 0 Å². The van der Waals surface area contributed by atoms with Crippen molar-refractivity contribution in [1.29, 1.82) is 5.26 Å². The molecule has 1 heterocycles. The van der Waals surface area contributed by atoms with Crippen molar-refractivity contribution in [3.63, 3.8) is 0 Å². The summed E-state index contributed by atoms with van der Waals surface area (Å²) in [4.78, 5) is 12.3. The summed E-state index contributed by atoms with van der Waals surface area (Å²) in [5.41, 5.74) is 5.85. The van der Waals surface area contributed by atoms with Crippen LogP contribution >= 0.6 is 0 Å². The molecule has 1 fully saturated rings. The van der Waals surface area contributed by atoms with E-state index in [1.54, 1.807) is 31.2 Å². The van der Waals surface area contributed by atoms with Crippen LogP contribution in [0.15, 0.2) is 24.3 Å². The predicted octanol–water partition coefficient (Wildman–Crippen LogP) is 0.891. The Hall–Kier alpha value is -2.10. The van der Waals surface area contributed by atoms with Crippen LogP contribution in [0.1, 0.15) is 6.92 Å². The first-order chi connectivity index (χ1) is 9.56. The number of nitrogens with one attached hydrogen (secondary N) is 1. The Kier molecular flexibility index (Phi) is 4.23. The van der Waals surface area contributed by atoms with Gasteiger partial charge in [-0.2, -0.15) is 5.26 Å². The van der Waals surface area contributed by atoms with Gasteiger partial charge in [0.25, 0.3) is 0 Å². The number of nitrogens with two attached hydrogens (primary N) is 1. The summed E-state index contributed by atoms with van der Waals surface area (Å²) in [6, 6.07) is 8.41. The Balaban J connectivity index is 2.00. The van der Waals surface area contributed by atoms with Crippen LogP contribution in [-0.2, 0) is 9.53 Å². The number of carbonyl (C=O) groups excluding carboxylic acids is 1. The number of anilines is 1. The van der Waals surface area contributed by atoms with Gasteiger partial charge in [-0.25, -0.2) is 0 Å². The van der Waals surface area contributed by atoms with E-state index in [1.807, 2.05) is 6.07 Å². The highest BCUT2D eigenvalue weighted by Gasteiger charge is 2.44. The summed E-state index contributed by atoms with van der Waals surface area (Å²) in [5, 5.41) is 11.2. The van der Waals surface area contributed by atoms with Crippen molar-refractivity contribution in [1.82, 2.24) is 0 Å². The van der Waals surface area contributed by atoms with Crippen molar-refractivity contribution in [2.75, 3.05) is 25.1 Å². The Morgan fingerprint density at radius 3 is 2.85 bits per heavy atom. The zero-order chi connectivity index (χ0) is 14.6. The molecule has 0 bridgehead atoms. The van der Waals surface area contributed by atoms with Gasteiger partial charge < -0.3 is 20.5 Å². The molecule has 1 aliphatic rings. The molecule has 1 saturated heterocycles. The average Bonchev–Trinajstić information content (AvgIpc) is 2.79. The van der Waals surface area contributed by atoms with Gasteiger partial charge in [0.2, 0.25) is 5.91 Å². The van der Waals surface area contributed by atoms with Gasteiger partial charge in [-0.05, 0) is 31.2 Å². The maximum Gasteiger partial charge on any atom is 0.234 e. The lowest BCUT2D eigenvalue weighted by Gasteiger charge is -2.25. The highest BCUT2D eigenvalue weighted by Crippen LogP contribution is 2.29. The molecule has 106 valence electrons. The molecule has 0 aliphatic carbocycles. The molecule has 2 unspecified atom stereocenters. The quantitative estimate of drug-likeness (QED) is 0.850. The molecule has 1 aromatic carbocycles. The average molecular weight is 275 g/mol. The minimum Gasteiger partial charge on any atom is -0.479 e. The topological polar surface area (TPSA) is 97.4 Å². The third-order valence-electron chi connectivity index (χ3n) is 3.45. The number of amides is 1. The van der Waals surface area contributed by atoms with E-state index in [0.717, 1.165) is 0 Å². The molecule has 0 radical (unpaired) electrons. The van der Waals surface area contributed by atoms with E-state index in [1.165, 1.54) is 0 Å². The van der Waals surface area contributed by atoms with Gasteiger partial charge in [0.1, 0.15) is 11.8 Å². The van der Waals surface area contributed by atoms with Crippen molar-refractivity contribution in [3.05, 3.63) is 24.3 Å². The molecule has 6 heteroatoms. The summed E-state index contributed by atoms with van der Waals surface area (Å²) in [6.45, 7) is 2.51. The Morgan fingerprint density at radius 1 is 1.60 bits per heavy atom. The molecule has 6 nitrogen and oxygen atoms in total. The number of rotatable bonds is 4. The van der Waals surface area contributed by atoms with Gasteiger partial charge in [-0.15, -0.1) is 0 Å². The fourth-order valence-corrected chi connectivity index (χ4v) is 1.95. The number of ether oxygens (including phenoxy) is 2.